The zero-order chi connectivity index (χ0) is 23.5. The topological polar surface area (TPSA) is 136 Å². The Balaban J connectivity index is 1.28. The molecule has 0 aliphatic carbocycles. The van der Waals surface area contributed by atoms with Gasteiger partial charge in [0.25, 0.3) is 5.91 Å². The SMILES string of the molecule is Cc1c(C(=O)Nc2ccc(Oc3cccc(-c4nn[nH]n4)c3)nc2)nnn1-c1ccccc1F. The molecule has 2 N–H and O–H groups in total. The first-order valence-corrected chi connectivity index (χ1v) is 10.0. The standard InChI is InChI=1S/C22H16FN9O2/c1-13-20(26-31-32(13)18-8-3-2-7-17(18)23)22(33)25-15-9-10-19(24-12-15)34-16-6-4-5-14(11-16)21-27-29-30-28-21/h2-12H,1H3,(H,25,33)(H,27,28,29,30). The molecule has 34 heavy (non-hydrogen) atoms. The highest BCUT2D eigenvalue weighted by Gasteiger charge is 2.19. The van der Waals surface area contributed by atoms with Crippen LogP contribution in [0.15, 0.2) is 66.9 Å². The number of pyridine rings is 1. The largest absolute Gasteiger partial charge is 0.439 e. The summed E-state index contributed by atoms with van der Waals surface area (Å²) in [6.07, 6.45) is 1.45. The molecule has 0 aliphatic rings. The van der Waals surface area contributed by atoms with Gasteiger partial charge in [0, 0.05) is 11.6 Å². The second kappa shape index (κ2) is 8.86. The monoisotopic (exact) mass is 457 g/mol. The fourth-order valence-electron chi connectivity index (χ4n) is 3.20. The summed E-state index contributed by atoms with van der Waals surface area (Å²) in [6.45, 7) is 1.64. The van der Waals surface area contributed by atoms with Gasteiger partial charge in [-0.3, -0.25) is 4.79 Å². The minimum atomic E-state index is -0.497. The fraction of sp³-hybridized carbons (Fsp3) is 0.0455. The first-order chi connectivity index (χ1) is 16.6. The van der Waals surface area contributed by atoms with E-state index in [1.807, 2.05) is 6.07 Å². The van der Waals surface area contributed by atoms with Crippen molar-refractivity contribution in [2.75, 3.05) is 5.32 Å². The Morgan fingerprint density at radius 3 is 2.74 bits per heavy atom. The smallest absolute Gasteiger partial charge is 0.278 e. The van der Waals surface area contributed by atoms with Gasteiger partial charge in [-0.1, -0.05) is 29.5 Å². The van der Waals surface area contributed by atoms with Crippen molar-refractivity contribution in [2.24, 2.45) is 0 Å². The lowest BCUT2D eigenvalue weighted by Gasteiger charge is -2.08. The van der Waals surface area contributed by atoms with Crippen molar-refractivity contribution in [3.05, 3.63) is 84.1 Å². The lowest BCUT2D eigenvalue weighted by atomic mass is 10.2. The van der Waals surface area contributed by atoms with Crippen LogP contribution in [0.3, 0.4) is 0 Å². The zero-order valence-corrected chi connectivity index (χ0v) is 17.7. The van der Waals surface area contributed by atoms with Crippen LogP contribution in [0.2, 0.25) is 0 Å². The molecule has 12 heteroatoms. The molecule has 0 atom stereocenters. The van der Waals surface area contributed by atoms with E-state index in [1.165, 1.54) is 16.9 Å². The molecule has 3 aromatic heterocycles. The molecule has 11 nitrogen and oxygen atoms in total. The number of rotatable bonds is 6. The molecule has 0 saturated heterocycles. The Morgan fingerprint density at radius 2 is 1.97 bits per heavy atom. The molecule has 0 radical (unpaired) electrons. The number of nitrogens with zero attached hydrogens (tertiary/aromatic N) is 7. The Hall–Kier alpha value is -5.00. The van der Waals surface area contributed by atoms with Gasteiger partial charge in [-0.2, -0.15) is 5.21 Å². The second-order valence-electron chi connectivity index (χ2n) is 7.09. The lowest BCUT2D eigenvalue weighted by molar-refractivity contribution is 0.102. The van der Waals surface area contributed by atoms with E-state index < -0.39 is 11.7 Å². The summed E-state index contributed by atoms with van der Waals surface area (Å²) in [5.41, 5.74) is 1.84. The molecule has 3 heterocycles. The molecule has 0 fully saturated rings. The number of aromatic nitrogens is 8. The Kier molecular flexibility index (Phi) is 5.44. The number of amides is 1. The van der Waals surface area contributed by atoms with E-state index in [9.17, 15) is 9.18 Å². The maximum atomic E-state index is 14.1. The predicted molar refractivity (Wildman–Crippen MR) is 118 cm³/mol. The van der Waals surface area contributed by atoms with Crippen LogP contribution < -0.4 is 10.1 Å². The van der Waals surface area contributed by atoms with Crippen LogP contribution in [0, 0.1) is 12.7 Å². The van der Waals surface area contributed by atoms with Crippen LogP contribution in [0.4, 0.5) is 10.1 Å². The van der Waals surface area contributed by atoms with Crippen molar-refractivity contribution in [3.8, 4) is 28.7 Å². The Labute approximate surface area is 191 Å². The highest BCUT2D eigenvalue weighted by Crippen LogP contribution is 2.25. The van der Waals surface area contributed by atoms with Crippen molar-refractivity contribution < 1.29 is 13.9 Å². The summed E-state index contributed by atoms with van der Waals surface area (Å²) in [7, 11) is 0. The van der Waals surface area contributed by atoms with E-state index in [-0.39, 0.29) is 11.4 Å². The van der Waals surface area contributed by atoms with E-state index in [0.29, 0.717) is 28.8 Å². The highest BCUT2D eigenvalue weighted by molar-refractivity contribution is 6.03. The molecule has 5 aromatic rings. The minimum absolute atomic E-state index is 0.0712. The number of anilines is 1. The van der Waals surface area contributed by atoms with E-state index in [4.69, 9.17) is 4.74 Å². The quantitative estimate of drug-likeness (QED) is 0.396. The maximum absolute atomic E-state index is 14.1. The maximum Gasteiger partial charge on any atom is 0.278 e. The number of H-pyrrole nitrogens is 1. The van der Waals surface area contributed by atoms with Gasteiger partial charge >= 0.3 is 0 Å². The predicted octanol–water partition coefficient (Wildman–Crippen LogP) is 3.33. The Bertz CT molecular complexity index is 1450. The van der Waals surface area contributed by atoms with E-state index >= 15 is 0 Å². The summed E-state index contributed by atoms with van der Waals surface area (Å²) in [5, 5.41) is 24.3. The van der Waals surface area contributed by atoms with Crippen LogP contribution >= 0.6 is 0 Å². The molecular formula is C22H16FN9O2. The number of carbonyl (C=O) groups excluding carboxylic acids is 1. The number of nitrogens with one attached hydrogen (secondary N) is 2. The van der Waals surface area contributed by atoms with Gasteiger partial charge in [0.05, 0.1) is 17.6 Å². The molecule has 0 unspecified atom stereocenters. The molecule has 0 bridgehead atoms. The summed E-state index contributed by atoms with van der Waals surface area (Å²) < 4.78 is 21.1. The van der Waals surface area contributed by atoms with E-state index in [0.717, 1.165) is 5.56 Å². The van der Waals surface area contributed by atoms with Gasteiger partial charge in [0.15, 0.2) is 5.69 Å². The van der Waals surface area contributed by atoms with Crippen LogP contribution in [-0.4, -0.2) is 46.5 Å². The number of benzene rings is 2. The molecule has 2 aromatic carbocycles. The number of hydrogen-bond acceptors (Lipinski definition) is 8. The van der Waals surface area contributed by atoms with Crippen molar-refractivity contribution in [1.29, 1.82) is 0 Å². The number of halogens is 1. The number of aromatic amines is 1. The number of ether oxygens (including phenoxy) is 1. The number of tetrazole rings is 1. The van der Waals surface area contributed by atoms with Gasteiger partial charge in [-0.05, 0) is 42.5 Å². The van der Waals surface area contributed by atoms with Crippen LogP contribution in [0.25, 0.3) is 17.1 Å². The van der Waals surface area contributed by atoms with Crippen LogP contribution in [0.5, 0.6) is 11.6 Å². The van der Waals surface area contributed by atoms with Gasteiger partial charge in [0.2, 0.25) is 11.7 Å². The molecule has 0 aliphatic heterocycles. The van der Waals surface area contributed by atoms with Crippen molar-refractivity contribution in [1.82, 2.24) is 40.6 Å². The Morgan fingerprint density at radius 1 is 1.09 bits per heavy atom. The average molecular weight is 457 g/mol. The summed E-state index contributed by atoms with van der Waals surface area (Å²) in [6, 6.07) is 16.5. The van der Waals surface area contributed by atoms with Gasteiger partial charge in [-0.25, -0.2) is 14.1 Å². The third-order valence-corrected chi connectivity index (χ3v) is 4.84. The average Bonchev–Trinajstić information content (AvgIpc) is 3.51. The summed E-state index contributed by atoms with van der Waals surface area (Å²) in [5.74, 6) is 0.337. The molecule has 1 amide bonds. The molecule has 5 rings (SSSR count). The third kappa shape index (κ3) is 4.19. The van der Waals surface area contributed by atoms with Crippen molar-refractivity contribution >= 4 is 11.6 Å². The molecule has 168 valence electrons. The van der Waals surface area contributed by atoms with Gasteiger partial charge < -0.3 is 10.1 Å². The number of para-hydroxylation sites is 1. The molecular weight excluding hydrogens is 441 g/mol. The lowest BCUT2D eigenvalue weighted by Crippen LogP contribution is -2.14. The molecule has 0 spiro atoms. The number of carbonyl (C=O) groups is 1. The molecule has 0 saturated carbocycles. The third-order valence-electron chi connectivity index (χ3n) is 4.84. The van der Waals surface area contributed by atoms with E-state index in [1.54, 1.807) is 55.5 Å². The minimum Gasteiger partial charge on any atom is -0.439 e. The second-order valence-corrected chi connectivity index (χ2v) is 7.09. The van der Waals surface area contributed by atoms with Gasteiger partial charge in [-0.15, -0.1) is 15.3 Å². The highest BCUT2D eigenvalue weighted by atomic mass is 19.1. The summed E-state index contributed by atoms with van der Waals surface area (Å²) >= 11 is 0. The van der Waals surface area contributed by atoms with Crippen LogP contribution in [0.1, 0.15) is 16.2 Å². The van der Waals surface area contributed by atoms with E-state index in [2.05, 4.69) is 41.2 Å². The normalized spacial score (nSPS) is 10.8. The fourth-order valence-corrected chi connectivity index (χ4v) is 3.20. The first kappa shape index (κ1) is 20.9. The zero-order valence-electron chi connectivity index (χ0n) is 17.7. The number of hydrogen-bond donors (Lipinski definition) is 2. The first-order valence-electron chi connectivity index (χ1n) is 10.0. The summed E-state index contributed by atoms with van der Waals surface area (Å²) in [4.78, 5) is 16.9. The van der Waals surface area contributed by atoms with Crippen molar-refractivity contribution in [2.45, 2.75) is 6.92 Å². The van der Waals surface area contributed by atoms with Crippen molar-refractivity contribution in [3.63, 3.8) is 0 Å². The van der Waals surface area contributed by atoms with Crippen LogP contribution in [-0.2, 0) is 0 Å². The van der Waals surface area contributed by atoms with Gasteiger partial charge in [0.1, 0.15) is 17.3 Å².